The summed E-state index contributed by atoms with van der Waals surface area (Å²) in [6.07, 6.45) is 2.75. The van der Waals surface area contributed by atoms with Gasteiger partial charge in [-0.15, -0.1) is 0 Å². The lowest BCUT2D eigenvalue weighted by atomic mass is 10.1. The van der Waals surface area contributed by atoms with Crippen molar-refractivity contribution in [1.29, 1.82) is 0 Å². The molecule has 2 aromatic carbocycles. The molecule has 1 saturated heterocycles. The Bertz CT molecular complexity index is 816. The average molecular weight is 389 g/mol. The molecule has 0 saturated carbocycles. The zero-order valence-corrected chi connectivity index (χ0v) is 16.6. The number of aliphatic hydroxyl groups is 1. The van der Waals surface area contributed by atoms with E-state index >= 15 is 0 Å². The van der Waals surface area contributed by atoms with E-state index < -0.39 is 16.1 Å². The van der Waals surface area contributed by atoms with Crippen LogP contribution >= 0.6 is 0 Å². The second kappa shape index (κ2) is 8.87. The van der Waals surface area contributed by atoms with Crippen LogP contribution in [0.3, 0.4) is 0 Å². The Morgan fingerprint density at radius 2 is 1.63 bits per heavy atom. The third-order valence-corrected chi connectivity index (χ3v) is 6.76. The summed E-state index contributed by atoms with van der Waals surface area (Å²) in [6.45, 7) is 4.39. The maximum atomic E-state index is 13.3. The topological polar surface area (TPSA) is 60.9 Å². The molecule has 1 aliphatic heterocycles. The molecule has 1 aliphatic rings. The normalized spacial score (nSPS) is 16.8. The first-order valence-corrected chi connectivity index (χ1v) is 11.0. The number of benzene rings is 2. The van der Waals surface area contributed by atoms with Gasteiger partial charge in [-0.3, -0.25) is 4.31 Å². The minimum absolute atomic E-state index is 0.0384. The molecular formula is C21H28N2O3S. The van der Waals surface area contributed by atoms with Gasteiger partial charge in [0.15, 0.2) is 0 Å². The zero-order chi connectivity index (χ0) is 19.3. The highest BCUT2D eigenvalue weighted by Crippen LogP contribution is 2.24. The van der Waals surface area contributed by atoms with Crippen molar-refractivity contribution in [2.45, 2.75) is 37.2 Å². The fraction of sp³-hybridized carbons (Fsp3) is 0.429. The summed E-state index contributed by atoms with van der Waals surface area (Å²) in [5, 5.41) is 10.6. The summed E-state index contributed by atoms with van der Waals surface area (Å²) in [5.74, 6) is 0. The molecule has 0 spiro atoms. The van der Waals surface area contributed by atoms with Gasteiger partial charge in [-0.05, 0) is 57.1 Å². The first-order valence-electron chi connectivity index (χ1n) is 9.52. The second-order valence-corrected chi connectivity index (χ2v) is 9.06. The summed E-state index contributed by atoms with van der Waals surface area (Å²) in [4.78, 5) is 2.46. The maximum Gasteiger partial charge on any atom is 0.264 e. The average Bonchev–Trinajstić information content (AvgIpc) is 2.68. The molecule has 1 heterocycles. The summed E-state index contributed by atoms with van der Waals surface area (Å²) >= 11 is 0. The molecular weight excluding hydrogens is 360 g/mol. The minimum Gasteiger partial charge on any atom is -0.390 e. The van der Waals surface area contributed by atoms with Crippen LogP contribution < -0.4 is 4.31 Å². The molecule has 2 aromatic rings. The smallest absolute Gasteiger partial charge is 0.264 e. The summed E-state index contributed by atoms with van der Waals surface area (Å²) in [7, 11) is -3.75. The quantitative estimate of drug-likeness (QED) is 0.792. The maximum absolute atomic E-state index is 13.3. The van der Waals surface area contributed by atoms with Crippen LogP contribution in [0.5, 0.6) is 0 Å². The number of β-amino-alcohol motifs (C(OH)–C–C–N with tert-alkyl or cyclic N) is 1. The minimum atomic E-state index is -3.75. The van der Waals surface area contributed by atoms with Gasteiger partial charge in [-0.2, -0.15) is 0 Å². The molecule has 0 radical (unpaired) electrons. The van der Waals surface area contributed by atoms with E-state index in [2.05, 4.69) is 4.90 Å². The van der Waals surface area contributed by atoms with Crippen molar-refractivity contribution >= 4 is 15.7 Å². The van der Waals surface area contributed by atoms with E-state index in [0.29, 0.717) is 12.2 Å². The highest BCUT2D eigenvalue weighted by molar-refractivity contribution is 7.92. The van der Waals surface area contributed by atoms with E-state index in [1.54, 1.807) is 36.4 Å². The number of aryl methyl sites for hydroxylation is 1. The molecule has 5 nitrogen and oxygen atoms in total. The van der Waals surface area contributed by atoms with Gasteiger partial charge < -0.3 is 10.0 Å². The highest BCUT2D eigenvalue weighted by atomic mass is 32.2. The molecule has 27 heavy (non-hydrogen) atoms. The number of aliphatic hydroxyl groups excluding tert-OH is 1. The number of sulfonamides is 1. The molecule has 0 aromatic heterocycles. The third-order valence-electron chi connectivity index (χ3n) is 4.95. The number of para-hydroxylation sites is 1. The van der Waals surface area contributed by atoms with Crippen molar-refractivity contribution in [3.05, 3.63) is 60.2 Å². The number of nitrogens with zero attached hydrogens (tertiary/aromatic N) is 2. The van der Waals surface area contributed by atoms with Crippen molar-refractivity contribution < 1.29 is 13.5 Å². The van der Waals surface area contributed by atoms with Gasteiger partial charge in [0.25, 0.3) is 10.0 Å². The molecule has 1 atom stereocenters. The highest BCUT2D eigenvalue weighted by Gasteiger charge is 2.28. The van der Waals surface area contributed by atoms with Crippen LogP contribution in [-0.4, -0.2) is 50.7 Å². The van der Waals surface area contributed by atoms with Crippen LogP contribution in [0.1, 0.15) is 24.8 Å². The second-order valence-electron chi connectivity index (χ2n) is 7.20. The van der Waals surface area contributed by atoms with Gasteiger partial charge in [-0.25, -0.2) is 8.42 Å². The largest absolute Gasteiger partial charge is 0.390 e. The number of hydrogen-bond donors (Lipinski definition) is 1. The van der Waals surface area contributed by atoms with Crippen LogP contribution in [-0.2, 0) is 10.0 Å². The Morgan fingerprint density at radius 3 is 2.26 bits per heavy atom. The number of piperidine rings is 1. The van der Waals surface area contributed by atoms with E-state index in [9.17, 15) is 13.5 Å². The van der Waals surface area contributed by atoms with Crippen LogP contribution in [0.25, 0.3) is 0 Å². The Hall–Kier alpha value is -1.89. The standard InChI is InChI=1S/C21H28N2O3S/c1-18-10-12-21(13-11-18)27(25,26)23(19-8-4-2-5-9-19)17-20(24)16-22-14-6-3-7-15-22/h2,4-5,8-13,20,24H,3,6-7,14-17H2,1H3/t20-/m0/s1. The summed E-state index contributed by atoms with van der Waals surface area (Å²) in [5.41, 5.74) is 1.57. The Morgan fingerprint density at radius 1 is 1.00 bits per heavy atom. The number of rotatable bonds is 7. The van der Waals surface area contributed by atoms with Crippen molar-refractivity contribution in [3.63, 3.8) is 0 Å². The van der Waals surface area contributed by atoms with E-state index in [4.69, 9.17) is 0 Å². The monoisotopic (exact) mass is 388 g/mol. The lowest BCUT2D eigenvalue weighted by Crippen LogP contribution is -2.44. The van der Waals surface area contributed by atoms with Crippen molar-refractivity contribution in [2.24, 2.45) is 0 Å². The van der Waals surface area contributed by atoms with Crippen LogP contribution in [0.2, 0.25) is 0 Å². The van der Waals surface area contributed by atoms with E-state index in [0.717, 1.165) is 31.5 Å². The molecule has 0 bridgehead atoms. The van der Waals surface area contributed by atoms with Crippen LogP contribution in [0.15, 0.2) is 59.5 Å². The van der Waals surface area contributed by atoms with Crippen molar-refractivity contribution in [3.8, 4) is 0 Å². The molecule has 1 fully saturated rings. The number of anilines is 1. The predicted octanol–water partition coefficient (Wildman–Crippen LogP) is 3.04. The first kappa shape index (κ1) is 19.9. The fourth-order valence-electron chi connectivity index (χ4n) is 3.46. The summed E-state index contributed by atoms with van der Waals surface area (Å²) < 4.78 is 27.9. The predicted molar refractivity (Wildman–Crippen MR) is 108 cm³/mol. The number of likely N-dealkylation sites (tertiary alicyclic amines) is 1. The summed E-state index contributed by atoms with van der Waals surface area (Å²) in [6, 6.07) is 15.8. The molecule has 0 aliphatic carbocycles. The van der Waals surface area contributed by atoms with Gasteiger partial charge >= 0.3 is 0 Å². The molecule has 0 unspecified atom stereocenters. The SMILES string of the molecule is Cc1ccc(S(=O)(=O)N(C[C@@H](O)CN2CCCCC2)c2ccccc2)cc1. The molecule has 3 rings (SSSR count). The van der Waals surface area contributed by atoms with Crippen molar-refractivity contribution in [1.82, 2.24) is 4.90 Å². The van der Waals surface area contributed by atoms with Crippen molar-refractivity contribution in [2.75, 3.05) is 30.5 Å². The van der Waals surface area contributed by atoms with Crippen LogP contribution in [0, 0.1) is 6.92 Å². The van der Waals surface area contributed by atoms with Gasteiger partial charge in [0.05, 0.1) is 23.2 Å². The van der Waals surface area contributed by atoms with Gasteiger partial charge in [0, 0.05) is 6.54 Å². The van der Waals surface area contributed by atoms with E-state index in [1.807, 2.05) is 25.1 Å². The molecule has 1 N–H and O–H groups in total. The lowest BCUT2D eigenvalue weighted by molar-refractivity contribution is 0.107. The fourth-order valence-corrected chi connectivity index (χ4v) is 4.97. The van der Waals surface area contributed by atoms with Crippen LogP contribution in [0.4, 0.5) is 5.69 Å². The lowest BCUT2D eigenvalue weighted by Gasteiger charge is -2.31. The van der Waals surface area contributed by atoms with E-state index in [1.165, 1.54) is 10.7 Å². The number of hydrogen-bond acceptors (Lipinski definition) is 4. The molecule has 6 heteroatoms. The molecule has 146 valence electrons. The first-order chi connectivity index (χ1) is 13.0. The Balaban J connectivity index is 1.83. The van der Waals surface area contributed by atoms with Gasteiger partial charge in [0.1, 0.15) is 0 Å². The zero-order valence-electron chi connectivity index (χ0n) is 15.8. The Kier molecular flexibility index (Phi) is 6.52. The van der Waals surface area contributed by atoms with E-state index in [-0.39, 0.29) is 11.4 Å². The molecule has 0 amide bonds. The van der Waals surface area contributed by atoms with Gasteiger partial charge in [-0.1, -0.05) is 42.3 Å². The van der Waals surface area contributed by atoms with Gasteiger partial charge in [0.2, 0.25) is 0 Å². The third kappa shape index (κ3) is 5.09. The Labute approximate surface area is 162 Å².